The van der Waals surface area contributed by atoms with Gasteiger partial charge in [-0.05, 0) is 38.5 Å². The molecule has 2 aliphatic rings. The van der Waals surface area contributed by atoms with Crippen molar-refractivity contribution in [1.82, 2.24) is 0 Å². The van der Waals surface area contributed by atoms with E-state index in [1.54, 1.807) is 0 Å². The summed E-state index contributed by atoms with van der Waals surface area (Å²) in [6.45, 7) is 3.14. The fraction of sp³-hybridized carbons (Fsp3) is 1.00. The fourth-order valence-corrected chi connectivity index (χ4v) is 3.44. The number of hydrogen-bond donors (Lipinski definition) is 0. The molecule has 0 aromatic carbocycles. The van der Waals surface area contributed by atoms with Gasteiger partial charge in [0.25, 0.3) is 0 Å². The Balaban J connectivity index is 1.58. The lowest BCUT2D eigenvalue weighted by Gasteiger charge is -2.28. The van der Waals surface area contributed by atoms with Crippen molar-refractivity contribution >= 4 is 0 Å². The van der Waals surface area contributed by atoms with Crippen molar-refractivity contribution in [1.29, 1.82) is 0 Å². The largest absolute Gasteiger partial charge is 0.378 e. The summed E-state index contributed by atoms with van der Waals surface area (Å²) in [7, 11) is 0. The van der Waals surface area contributed by atoms with E-state index < -0.39 is 0 Å². The molecule has 0 radical (unpaired) electrons. The lowest BCUT2D eigenvalue weighted by atomic mass is 9.97. The van der Waals surface area contributed by atoms with Gasteiger partial charge in [-0.15, -0.1) is 0 Å². The van der Waals surface area contributed by atoms with Crippen LogP contribution in [0.3, 0.4) is 0 Å². The van der Waals surface area contributed by atoms with Crippen LogP contribution < -0.4 is 0 Å². The van der Waals surface area contributed by atoms with Crippen LogP contribution in [0.15, 0.2) is 0 Å². The maximum absolute atomic E-state index is 6.25. The van der Waals surface area contributed by atoms with Crippen LogP contribution in [0.2, 0.25) is 0 Å². The van der Waals surface area contributed by atoms with Gasteiger partial charge in [0.05, 0.1) is 18.3 Å². The molecule has 2 heteroatoms. The zero-order chi connectivity index (χ0) is 13.3. The summed E-state index contributed by atoms with van der Waals surface area (Å²) in [5, 5.41) is 0. The van der Waals surface area contributed by atoms with Crippen molar-refractivity contribution in [3.63, 3.8) is 0 Å². The van der Waals surface area contributed by atoms with Crippen LogP contribution in [-0.4, -0.2) is 24.9 Å². The van der Waals surface area contributed by atoms with Gasteiger partial charge in [0.15, 0.2) is 0 Å². The van der Waals surface area contributed by atoms with Crippen molar-refractivity contribution in [2.45, 2.75) is 102 Å². The summed E-state index contributed by atoms with van der Waals surface area (Å²) in [5.41, 5.74) is 0. The van der Waals surface area contributed by atoms with Gasteiger partial charge in [0, 0.05) is 6.61 Å². The van der Waals surface area contributed by atoms with Crippen molar-refractivity contribution < 1.29 is 9.47 Å². The topological polar surface area (TPSA) is 18.5 Å². The molecule has 0 bridgehead atoms. The minimum absolute atomic E-state index is 0.423. The molecule has 2 saturated carbocycles. The van der Waals surface area contributed by atoms with E-state index in [2.05, 4.69) is 6.92 Å². The highest BCUT2D eigenvalue weighted by molar-refractivity contribution is 4.69. The molecule has 1 unspecified atom stereocenters. The molecule has 1 atom stereocenters. The van der Waals surface area contributed by atoms with Gasteiger partial charge >= 0.3 is 0 Å². The second-order valence-electron chi connectivity index (χ2n) is 6.35. The van der Waals surface area contributed by atoms with Crippen molar-refractivity contribution in [2.24, 2.45) is 0 Å². The lowest BCUT2D eigenvalue weighted by Crippen LogP contribution is -2.26. The van der Waals surface area contributed by atoms with Crippen LogP contribution in [0, 0.1) is 0 Å². The van der Waals surface area contributed by atoms with E-state index in [0.717, 1.165) is 19.4 Å². The molecule has 0 aromatic rings. The van der Waals surface area contributed by atoms with Crippen LogP contribution in [0.25, 0.3) is 0 Å². The first-order valence-electron chi connectivity index (χ1n) is 8.65. The van der Waals surface area contributed by atoms with Crippen LogP contribution in [0.1, 0.15) is 84.0 Å². The molecule has 2 aliphatic carbocycles. The van der Waals surface area contributed by atoms with Gasteiger partial charge in [-0.25, -0.2) is 0 Å². The van der Waals surface area contributed by atoms with E-state index in [4.69, 9.17) is 9.47 Å². The third-order valence-corrected chi connectivity index (χ3v) is 4.74. The Kier molecular flexibility index (Phi) is 7.23. The standard InChI is InChI=1S/C17H32O2/c1-2-15(19-17-11-7-4-8-12-17)13-14-18-16-9-5-3-6-10-16/h15-17H,2-14H2,1H3. The number of ether oxygens (including phenoxy) is 2. The molecule has 0 aromatic heterocycles. The normalized spacial score (nSPS) is 24.5. The molecule has 0 saturated heterocycles. The van der Waals surface area contributed by atoms with Gasteiger partial charge in [-0.3, -0.25) is 0 Å². The van der Waals surface area contributed by atoms with Crippen LogP contribution in [0.4, 0.5) is 0 Å². The maximum Gasteiger partial charge on any atom is 0.0598 e. The average molecular weight is 268 g/mol. The molecular formula is C17H32O2. The van der Waals surface area contributed by atoms with Crippen LogP contribution in [-0.2, 0) is 9.47 Å². The highest BCUT2D eigenvalue weighted by atomic mass is 16.5. The summed E-state index contributed by atoms with van der Waals surface area (Å²) >= 11 is 0. The maximum atomic E-state index is 6.25. The van der Waals surface area contributed by atoms with Gasteiger partial charge in [0.2, 0.25) is 0 Å². The zero-order valence-electron chi connectivity index (χ0n) is 12.7. The van der Waals surface area contributed by atoms with Gasteiger partial charge in [-0.1, -0.05) is 45.4 Å². The number of hydrogen-bond acceptors (Lipinski definition) is 2. The first-order chi connectivity index (χ1) is 9.38. The molecule has 2 fully saturated rings. The zero-order valence-corrected chi connectivity index (χ0v) is 12.7. The van der Waals surface area contributed by atoms with Crippen molar-refractivity contribution in [2.75, 3.05) is 6.61 Å². The second kappa shape index (κ2) is 8.97. The van der Waals surface area contributed by atoms with Crippen molar-refractivity contribution in [3.05, 3.63) is 0 Å². The Hall–Kier alpha value is -0.0800. The van der Waals surface area contributed by atoms with E-state index in [1.807, 2.05) is 0 Å². The van der Waals surface area contributed by atoms with E-state index in [-0.39, 0.29) is 0 Å². The Morgan fingerprint density at radius 3 is 2.00 bits per heavy atom. The highest BCUT2D eigenvalue weighted by Gasteiger charge is 2.19. The predicted octanol–water partition coefficient (Wildman–Crippen LogP) is 4.85. The summed E-state index contributed by atoms with van der Waals surface area (Å²) < 4.78 is 12.3. The van der Waals surface area contributed by atoms with Crippen molar-refractivity contribution in [3.8, 4) is 0 Å². The van der Waals surface area contributed by atoms with Crippen LogP contribution in [0.5, 0.6) is 0 Å². The third-order valence-electron chi connectivity index (χ3n) is 4.74. The molecule has 0 N–H and O–H groups in total. The lowest BCUT2D eigenvalue weighted by molar-refractivity contribution is -0.0555. The van der Waals surface area contributed by atoms with E-state index >= 15 is 0 Å². The quantitative estimate of drug-likeness (QED) is 0.657. The Morgan fingerprint density at radius 1 is 0.842 bits per heavy atom. The average Bonchev–Trinajstić information content (AvgIpc) is 2.48. The molecule has 0 aliphatic heterocycles. The monoisotopic (exact) mass is 268 g/mol. The predicted molar refractivity (Wildman–Crippen MR) is 79.5 cm³/mol. The van der Waals surface area contributed by atoms with Gasteiger partial charge < -0.3 is 9.47 Å². The number of rotatable bonds is 7. The SMILES string of the molecule is CCC(CCOC1CCCCC1)OC1CCCCC1. The highest BCUT2D eigenvalue weighted by Crippen LogP contribution is 2.24. The van der Waals surface area contributed by atoms with E-state index in [1.165, 1.54) is 64.2 Å². The van der Waals surface area contributed by atoms with Gasteiger partial charge in [0.1, 0.15) is 0 Å². The first kappa shape index (κ1) is 15.3. The Labute approximate surface area is 119 Å². The minimum Gasteiger partial charge on any atom is -0.378 e. The second-order valence-corrected chi connectivity index (χ2v) is 6.35. The van der Waals surface area contributed by atoms with Crippen LogP contribution >= 0.6 is 0 Å². The minimum atomic E-state index is 0.423. The fourth-order valence-electron chi connectivity index (χ4n) is 3.44. The molecule has 2 rings (SSSR count). The molecule has 0 amide bonds. The smallest absolute Gasteiger partial charge is 0.0598 e. The molecule has 2 nitrogen and oxygen atoms in total. The Bertz CT molecular complexity index is 217. The molecule has 112 valence electrons. The molecule has 19 heavy (non-hydrogen) atoms. The molecule has 0 spiro atoms. The van der Waals surface area contributed by atoms with E-state index in [0.29, 0.717) is 18.3 Å². The summed E-state index contributed by atoms with van der Waals surface area (Å²) in [6.07, 6.45) is 17.1. The first-order valence-corrected chi connectivity index (χ1v) is 8.65. The Morgan fingerprint density at radius 2 is 1.42 bits per heavy atom. The third kappa shape index (κ3) is 5.83. The summed E-state index contributed by atoms with van der Waals surface area (Å²) in [6, 6.07) is 0. The molecule has 0 heterocycles. The summed E-state index contributed by atoms with van der Waals surface area (Å²) in [5.74, 6) is 0. The summed E-state index contributed by atoms with van der Waals surface area (Å²) in [4.78, 5) is 0. The molecular weight excluding hydrogens is 236 g/mol. The van der Waals surface area contributed by atoms with E-state index in [9.17, 15) is 0 Å². The van der Waals surface area contributed by atoms with Gasteiger partial charge in [-0.2, -0.15) is 0 Å².